The Bertz CT molecular complexity index is 751. The van der Waals surface area contributed by atoms with E-state index in [0.29, 0.717) is 36.3 Å². The molecule has 0 aliphatic heterocycles. The first kappa shape index (κ1) is 13.2. The van der Waals surface area contributed by atoms with Crippen LogP contribution in [0.2, 0.25) is 0 Å². The second-order valence-corrected chi connectivity index (χ2v) is 4.40. The zero-order valence-electron chi connectivity index (χ0n) is 11.7. The van der Waals surface area contributed by atoms with Crippen molar-refractivity contribution in [2.75, 3.05) is 20.0 Å². The van der Waals surface area contributed by atoms with Crippen LogP contribution < -0.4 is 15.2 Å². The summed E-state index contributed by atoms with van der Waals surface area (Å²) in [5.41, 5.74) is 7.59. The minimum Gasteiger partial charge on any atom is -0.493 e. The quantitative estimate of drug-likeness (QED) is 0.754. The molecule has 2 heterocycles. The summed E-state index contributed by atoms with van der Waals surface area (Å²) in [6, 6.07) is 3.65. The van der Waals surface area contributed by atoms with Gasteiger partial charge in [-0.15, -0.1) is 0 Å². The number of nitrogens with zero attached hydrogens (tertiary/aromatic N) is 4. The van der Waals surface area contributed by atoms with E-state index in [0.717, 1.165) is 11.0 Å². The first-order valence-electron chi connectivity index (χ1n) is 6.36. The second kappa shape index (κ2) is 5.31. The fourth-order valence-corrected chi connectivity index (χ4v) is 2.22. The number of methoxy groups -OCH3 is 2. The number of rotatable bonds is 5. The summed E-state index contributed by atoms with van der Waals surface area (Å²) in [7, 11) is 3.17. The van der Waals surface area contributed by atoms with E-state index in [1.54, 1.807) is 20.3 Å². The molecule has 0 amide bonds. The molecule has 2 aromatic heterocycles. The maximum absolute atomic E-state index is 5.98. The molecule has 0 atom stereocenters. The molecule has 0 saturated heterocycles. The topological polar surface area (TPSA) is 101 Å². The van der Waals surface area contributed by atoms with Gasteiger partial charge in [-0.25, -0.2) is 4.98 Å². The number of ether oxygens (including phenoxy) is 2. The lowest BCUT2D eigenvalue weighted by molar-refractivity contribution is 0.355. The van der Waals surface area contributed by atoms with E-state index >= 15 is 0 Å². The predicted molar refractivity (Wildman–Crippen MR) is 75.3 cm³/mol. The standard InChI is InChI=1S/C13H15N5O3/c1-19-10-5-8-9(6-11(10)20-2)18(13(14)17-8)4-3-12-15-7-16-21-12/h5-7H,3-4H2,1-2H3,(H2,14,17). The fourth-order valence-electron chi connectivity index (χ4n) is 2.22. The third-order valence-electron chi connectivity index (χ3n) is 3.24. The molecule has 0 spiro atoms. The largest absolute Gasteiger partial charge is 0.493 e. The Labute approximate surface area is 120 Å². The molecular weight excluding hydrogens is 274 g/mol. The summed E-state index contributed by atoms with van der Waals surface area (Å²) in [5, 5.41) is 3.58. The van der Waals surface area contributed by atoms with E-state index in [4.69, 9.17) is 19.7 Å². The molecule has 0 fully saturated rings. The number of fused-ring (bicyclic) bond motifs is 1. The minimum absolute atomic E-state index is 0.417. The summed E-state index contributed by atoms with van der Waals surface area (Å²) in [5.74, 6) is 2.21. The Balaban J connectivity index is 1.99. The van der Waals surface area contributed by atoms with Gasteiger partial charge in [-0.3, -0.25) is 0 Å². The van der Waals surface area contributed by atoms with Crippen LogP contribution in [0.25, 0.3) is 11.0 Å². The highest BCUT2D eigenvalue weighted by Crippen LogP contribution is 2.32. The van der Waals surface area contributed by atoms with Crippen LogP contribution in [0.5, 0.6) is 11.5 Å². The number of aryl methyl sites for hydroxylation is 2. The van der Waals surface area contributed by atoms with E-state index in [2.05, 4.69) is 15.1 Å². The maximum atomic E-state index is 5.98. The Morgan fingerprint density at radius 2 is 2.00 bits per heavy atom. The van der Waals surface area contributed by atoms with Crippen LogP contribution in [0.3, 0.4) is 0 Å². The third kappa shape index (κ3) is 2.35. The van der Waals surface area contributed by atoms with E-state index in [9.17, 15) is 0 Å². The highest BCUT2D eigenvalue weighted by atomic mass is 16.5. The van der Waals surface area contributed by atoms with Gasteiger partial charge in [0.2, 0.25) is 11.8 Å². The van der Waals surface area contributed by atoms with Gasteiger partial charge in [0, 0.05) is 25.1 Å². The molecule has 0 aliphatic rings. The number of nitrogen functional groups attached to an aromatic ring is 1. The lowest BCUT2D eigenvalue weighted by Crippen LogP contribution is -2.06. The van der Waals surface area contributed by atoms with Crippen LogP contribution >= 0.6 is 0 Å². The molecule has 0 unspecified atom stereocenters. The molecule has 8 nitrogen and oxygen atoms in total. The molecule has 0 saturated carbocycles. The summed E-state index contributed by atoms with van der Waals surface area (Å²) in [4.78, 5) is 8.33. The molecule has 0 radical (unpaired) electrons. The lowest BCUT2D eigenvalue weighted by atomic mass is 10.2. The van der Waals surface area contributed by atoms with Crippen molar-refractivity contribution in [3.8, 4) is 11.5 Å². The van der Waals surface area contributed by atoms with Gasteiger partial charge in [-0.05, 0) is 0 Å². The third-order valence-corrected chi connectivity index (χ3v) is 3.24. The van der Waals surface area contributed by atoms with Crippen molar-refractivity contribution in [3.63, 3.8) is 0 Å². The van der Waals surface area contributed by atoms with Gasteiger partial charge in [0.05, 0.1) is 25.3 Å². The van der Waals surface area contributed by atoms with E-state index in [1.807, 2.05) is 10.6 Å². The molecule has 3 rings (SSSR count). The minimum atomic E-state index is 0.417. The number of benzene rings is 1. The highest BCUT2D eigenvalue weighted by Gasteiger charge is 2.14. The first-order valence-corrected chi connectivity index (χ1v) is 6.36. The smallest absolute Gasteiger partial charge is 0.228 e. The van der Waals surface area contributed by atoms with Gasteiger partial charge in [0.1, 0.15) is 0 Å². The van der Waals surface area contributed by atoms with Gasteiger partial charge in [-0.2, -0.15) is 4.98 Å². The summed E-state index contributed by atoms with van der Waals surface area (Å²) >= 11 is 0. The summed E-state index contributed by atoms with van der Waals surface area (Å²) in [6.07, 6.45) is 1.95. The summed E-state index contributed by atoms with van der Waals surface area (Å²) < 4.78 is 17.4. The van der Waals surface area contributed by atoms with Crippen molar-refractivity contribution in [2.45, 2.75) is 13.0 Å². The van der Waals surface area contributed by atoms with E-state index in [-0.39, 0.29) is 0 Å². The summed E-state index contributed by atoms with van der Waals surface area (Å²) in [6.45, 7) is 0.583. The van der Waals surface area contributed by atoms with Crippen molar-refractivity contribution in [3.05, 3.63) is 24.4 Å². The molecular formula is C13H15N5O3. The van der Waals surface area contributed by atoms with Gasteiger partial charge in [0.15, 0.2) is 17.8 Å². The number of hydrogen-bond donors (Lipinski definition) is 1. The van der Waals surface area contributed by atoms with Crippen molar-refractivity contribution in [1.29, 1.82) is 0 Å². The zero-order valence-corrected chi connectivity index (χ0v) is 11.7. The molecule has 110 valence electrons. The highest BCUT2D eigenvalue weighted by molar-refractivity contribution is 5.82. The van der Waals surface area contributed by atoms with Crippen LogP contribution in [-0.2, 0) is 13.0 Å². The van der Waals surface area contributed by atoms with Crippen molar-refractivity contribution in [1.82, 2.24) is 19.7 Å². The Morgan fingerprint density at radius 3 is 2.67 bits per heavy atom. The predicted octanol–water partition coefficient (Wildman–Crippen LogP) is 1.26. The number of imidazole rings is 1. The van der Waals surface area contributed by atoms with Gasteiger partial charge in [0.25, 0.3) is 0 Å². The fraction of sp³-hybridized carbons (Fsp3) is 0.308. The van der Waals surface area contributed by atoms with E-state index < -0.39 is 0 Å². The maximum Gasteiger partial charge on any atom is 0.228 e. The number of anilines is 1. The Kier molecular flexibility index (Phi) is 3.35. The first-order chi connectivity index (χ1) is 10.2. The van der Waals surface area contributed by atoms with Crippen LogP contribution in [0.4, 0.5) is 5.95 Å². The molecule has 2 N–H and O–H groups in total. The van der Waals surface area contributed by atoms with Crippen molar-refractivity contribution in [2.24, 2.45) is 0 Å². The van der Waals surface area contributed by atoms with Crippen molar-refractivity contribution < 1.29 is 14.0 Å². The number of hydrogen-bond acceptors (Lipinski definition) is 7. The number of aromatic nitrogens is 4. The van der Waals surface area contributed by atoms with Gasteiger partial charge >= 0.3 is 0 Å². The van der Waals surface area contributed by atoms with Crippen molar-refractivity contribution >= 4 is 17.0 Å². The Morgan fingerprint density at radius 1 is 1.24 bits per heavy atom. The molecule has 0 aliphatic carbocycles. The van der Waals surface area contributed by atoms with E-state index in [1.165, 1.54) is 6.33 Å². The molecule has 0 bridgehead atoms. The average Bonchev–Trinajstić information content (AvgIpc) is 3.10. The van der Waals surface area contributed by atoms with Gasteiger partial charge < -0.3 is 24.3 Å². The lowest BCUT2D eigenvalue weighted by Gasteiger charge is -2.09. The van der Waals surface area contributed by atoms with Crippen LogP contribution in [-0.4, -0.2) is 33.9 Å². The van der Waals surface area contributed by atoms with Crippen LogP contribution in [0, 0.1) is 0 Å². The second-order valence-electron chi connectivity index (χ2n) is 4.40. The molecule has 1 aromatic carbocycles. The van der Waals surface area contributed by atoms with Gasteiger partial charge in [-0.1, -0.05) is 5.16 Å². The monoisotopic (exact) mass is 289 g/mol. The molecule has 8 heteroatoms. The zero-order chi connectivity index (χ0) is 14.8. The SMILES string of the molecule is COc1cc2nc(N)n(CCc3ncno3)c2cc1OC. The molecule has 21 heavy (non-hydrogen) atoms. The molecule has 3 aromatic rings. The van der Waals surface area contributed by atoms with Crippen LogP contribution in [0.15, 0.2) is 23.0 Å². The Hall–Kier alpha value is -2.77. The normalized spacial score (nSPS) is 11.0. The van der Waals surface area contributed by atoms with Crippen LogP contribution in [0.1, 0.15) is 5.89 Å². The average molecular weight is 289 g/mol. The number of nitrogens with two attached hydrogens (primary N) is 1.